The van der Waals surface area contributed by atoms with E-state index in [1.807, 2.05) is 20.8 Å². The van der Waals surface area contributed by atoms with E-state index in [0.29, 0.717) is 17.6 Å². The Hall–Kier alpha value is -0.490. The van der Waals surface area contributed by atoms with Crippen molar-refractivity contribution in [3.63, 3.8) is 0 Å². The SMILES string of the molecule is CC1CCC2C(C)(C)C2(C(=O)C(CCCCCCCCCNOC(C)(C)C)NOC(C)(C)C)C1. The van der Waals surface area contributed by atoms with Gasteiger partial charge < -0.3 is 0 Å². The molecule has 34 heavy (non-hydrogen) atoms. The molecule has 2 aliphatic carbocycles. The van der Waals surface area contributed by atoms with Crippen LogP contribution in [0.5, 0.6) is 0 Å². The normalized spacial score (nSPS) is 27.3. The lowest BCUT2D eigenvalue weighted by molar-refractivity contribution is -0.141. The summed E-state index contributed by atoms with van der Waals surface area (Å²) in [7, 11) is 0. The molecule has 5 nitrogen and oxygen atoms in total. The van der Waals surface area contributed by atoms with Gasteiger partial charge in [0.15, 0.2) is 5.78 Å². The number of carbonyl (C=O) groups is 1. The third-order valence-electron chi connectivity index (χ3n) is 8.06. The van der Waals surface area contributed by atoms with Crippen LogP contribution in [0.2, 0.25) is 0 Å². The van der Waals surface area contributed by atoms with Gasteiger partial charge in [0.1, 0.15) is 0 Å². The van der Waals surface area contributed by atoms with Crippen LogP contribution in [0.15, 0.2) is 0 Å². The van der Waals surface area contributed by atoms with Crippen LogP contribution < -0.4 is 11.0 Å². The molecule has 0 aromatic carbocycles. The number of Topliss-reactive ketones (excluding diaryl/α,β-unsaturated/α-hetero) is 1. The Bertz CT molecular complexity index is 634. The second-order valence-electron chi connectivity index (χ2n) is 13.8. The van der Waals surface area contributed by atoms with E-state index in [1.165, 1.54) is 44.9 Å². The van der Waals surface area contributed by atoms with Crippen LogP contribution in [0.25, 0.3) is 0 Å². The average molecular weight is 481 g/mol. The number of nitrogens with one attached hydrogen (secondary N) is 2. The summed E-state index contributed by atoms with van der Waals surface area (Å²) in [6.07, 6.45) is 12.8. The van der Waals surface area contributed by atoms with Gasteiger partial charge in [-0.3, -0.25) is 14.5 Å². The van der Waals surface area contributed by atoms with Crippen molar-refractivity contribution >= 4 is 5.78 Å². The van der Waals surface area contributed by atoms with Crippen LogP contribution in [-0.2, 0) is 14.5 Å². The van der Waals surface area contributed by atoms with Gasteiger partial charge in [0.2, 0.25) is 0 Å². The molecule has 4 unspecified atom stereocenters. The van der Waals surface area contributed by atoms with E-state index in [2.05, 4.69) is 52.5 Å². The first-order valence-corrected chi connectivity index (χ1v) is 14.1. The lowest BCUT2D eigenvalue weighted by Crippen LogP contribution is -2.46. The summed E-state index contributed by atoms with van der Waals surface area (Å²) in [4.78, 5) is 25.4. The molecule has 2 aliphatic rings. The molecule has 0 radical (unpaired) electrons. The number of unbranched alkanes of at least 4 members (excludes halogenated alkanes) is 6. The zero-order valence-electron chi connectivity index (χ0n) is 23.9. The molecular formula is C29H56N2O3. The van der Waals surface area contributed by atoms with E-state index in [9.17, 15) is 4.79 Å². The molecule has 2 fully saturated rings. The van der Waals surface area contributed by atoms with Crippen molar-refractivity contribution in [1.82, 2.24) is 11.0 Å². The van der Waals surface area contributed by atoms with Crippen molar-refractivity contribution in [2.24, 2.45) is 22.7 Å². The van der Waals surface area contributed by atoms with Crippen molar-refractivity contribution < 1.29 is 14.5 Å². The maximum absolute atomic E-state index is 13.9. The fourth-order valence-corrected chi connectivity index (χ4v) is 6.17. The van der Waals surface area contributed by atoms with Gasteiger partial charge >= 0.3 is 0 Å². The fraction of sp³-hybridized carbons (Fsp3) is 0.966. The minimum absolute atomic E-state index is 0.128. The number of fused-ring (bicyclic) bond motifs is 1. The van der Waals surface area contributed by atoms with E-state index in [-0.39, 0.29) is 28.1 Å². The molecule has 4 atom stereocenters. The number of hydrogen-bond donors (Lipinski definition) is 2. The Morgan fingerprint density at radius 3 is 2.03 bits per heavy atom. The molecule has 5 heteroatoms. The highest BCUT2D eigenvalue weighted by Crippen LogP contribution is 2.76. The summed E-state index contributed by atoms with van der Waals surface area (Å²) < 4.78 is 0. The molecule has 0 aromatic rings. The Morgan fingerprint density at radius 1 is 0.882 bits per heavy atom. The molecule has 2 saturated carbocycles. The summed E-state index contributed by atoms with van der Waals surface area (Å²) >= 11 is 0. The van der Waals surface area contributed by atoms with Gasteiger partial charge in [0.25, 0.3) is 0 Å². The van der Waals surface area contributed by atoms with Crippen molar-refractivity contribution in [3.05, 3.63) is 0 Å². The molecule has 200 valence electrons. The van der Waals surface area contributed by atoms with Crippen LogP contribution >= 0.6 is 0 Å². The smallest absolute Gasteiger partial charge is 0.159 e. The first kappa shape index (κ1) is 29.7. The number of ketones is 1. The molecule has 0 spiro atoms. The van der Waals surface area contributed by atoms with Crippen molar-refractivity contribution in [3.8, 4) is 0 Å². The monoisotopic (exact) mass is 480 g/mol. The van der Waals surface area contributed by atoms with E-state index in [1.54, 1.807) is 0 Å². The van der Waals surface area contributed by atoms with E-state index in [0.717, 1.165) is 32.2 Å². The molecular weight excluding hydrogens is 424 g/mol. The van der Waals surface area contributed by atoms with Gasteiger partial charge in [-0.05, 0) is 84.5 Å². The van der Waals surface area contributed by atoms with E-state index >= 15 is 0 Å². The first-order chi connectivity index (χ1) is 15.7. The zero-order chi connectivity index (χ0) is 25.6. The van der Waals surface area contributed by atoms with Gasteiger partial charge in [-0.1, -0.05) is 65.7 Å². The van der Waals surface area contributed by atoms with Crippen LogP contribution in [0, 0.1) is 22.7 Å². The Balaban J connectivity index is 1.74. The fourth-order valence-electron chi connectivity index (χ4n) is 6.17. The average Bonchev–Trinajstić information content (AvgIpc) is 3.21. The molecule has 0 aromatic heterocycles. The lowest BCUT2D eigenvalue weighted by Gasteiger charge is -2.32. The molecule has 0 heterocycles. The van der Waals surface area contributed by atoms with Crippen molar-refractivity contribution in [2.45, 2.75) is 150 Å². The molecule has 0 amide bonds. The first-order valence-electron chi connectivity index (χ1n) is 14.1. The Morgan fingerprint density at radius 2 is 1.44 bits per heavy atom. The van der Waals surface area contributed by atoms with Gasteiger partial charge in [0.05, 0.1) is 17.2 Å². The third-order valence-corrected chi connectivity index (χ3v) is 8.06. The van der Waals surface area contributed by atoms with Crippen LogP contribution in [0.3, 0.4) is 0 Å². The second kappa shape index (κ2) is 12.2. The topological polar surface area (TPSA) is 59.6 Å². The number of rotatable bonds is 15. The van der Waals surface area contributed by atoms with Gasteiger partial charge in [-0.25, -0.2) is 5.48 Å². The summed E-state index contributed by atoms with van der Waals surface area (Å²) in [5, 5.41) is 0. The van der Waals surface area contributed by atoms with Gasteiger partial charge in [0, 0.05) is 12.0 Å². The second-order valence-corrected chi connectivity index (χ2v) is 13.8. The summed E-state index contributed by atoms with van der Waals surface area (Å²) in [5.74, 6) is 1.61. The van der Waals surface area contributed by atoms with Crippen LogP contribution in [-0.4, -0.2) is 29.6 Å². The van der Waals surface area contributed by atoms with Crippen LogP contribution in [0.4, 0.5) is 0 Å². The summed E-state index contributed by atoms with van der Waals surface area (Å²) in [5.41, 5.74) is 5.86. The minimum atomic E-state index is -0.304. The third kappa shape index (κ3) is 8.28. The predicted octanol–water partition coefficient (Wildman–Crippen LogP) is 7.15. The quantitative estimate of drug-likeness (QED) is 0.192. The number of carbonyl (C=O) groups excluding carboxylic acids is 1. The Labute approximate surface area is 210 Å². The molecule has 0 bridgehead atoms. The molecule has 0 saturated heterocycles. The standard InChI is InChI=1S/C29H56N2O3/c1-22-18-19-24-28(8,9)29(24,21-22)25(32)23(31-34-27(5,6)7)17-15-13-11-10-12-14-16-20-30-33-26(2,3)4/h22-24,30-31H,10-21H2,1-9H3. The largest absolute Gasteiger partial charge is 0.297 e. The number of hydroxylamine groups is 2. The molecule has 2 N–H and O–H groups in total. The van der Waals surface area contributed by atoms with Gasteiger partial charge in [-0.2, -0.15) is 5.48 Å². The Kier molecular flexibility index (Phi) is 10.6. The zero-order valence-corrected chi connectivity index (χ0v) is 23.9. The summed E-state index contributed by atoms with van der Waals surface area (Å²) in [6.45, 7) is 20.2. The molecule has 2 rings (SSSR count). The highest BCUT2D eigenvalue weighted by molar-refractivity contribution is 5.94. The lowest BCUT2D eigenvalue weighted by atomic mass is 9.75. The van der Waals surface area contributed by atoms with Crippen molar-refractivity contribution in [2.75, 3.05) is 6.54 Å². The van der Waals surface area contributed by atoms with Crippen molar-refractivity contribution in [1.29, 1.82) is 0 Å². The summed E-state index contributed by atoms with van der Waals surface area (Å²) in [6, 6.07) is -0.192. The number of hydrogen-bond acceptors (Lipinski definition) is 5. The highest BCUT2D eigenvalue weighted by atomic mass is 16.7. The van der Waals surface area contributed by atoms with Crippen LogP contribution in [0.1, 0.15) is 133 Å². The van der Waals surface area contributed by atoms with E-state index < -0.39 is 0 Å². The highest BCUT2D eigenvalue weighted by Gasteiger charge is 2.75. The maximum Gasteiger partial charge on any atom is 0.159 e. The predicted molar refractivity (Wildman–Crippen MR) is 141 cm³/mol. The molecule has 0 aliphatic heterocycles. The minimum Gasteiger partial charge on any atom is -0.297 e. The van der Waals surface area contributed by atoms with E-state index in [4.69, 9.17) is 9.68 Å². The van der Waals surface area contributed by atoms with Gasteiger partial charge in [-0.15, -0.1) is 0 Å². The maximum atomic E-state index is 13.9.